The van der Waals surface area contributed by atoms with Crippen molar-refractivity contribution in [3.05, 3.63) is 59.7 Å². The summed E-state index contributed by atoms with van der Waals surface area (Å²) in [4.78, 5) is 11.3. The Balaban J connectivity index is 2.01. The van der Waals surface area contributed by atoms with Gasteiger partial charge in [0.2, 0.25) is 0 Å². The molecule has 0 bridgehead atoms. The fraction of sp³-hybridized carbons (Fsp3) is 0.350. The van der Waals surface area contributed by atoms with Crippen LogP contribution in [0, 0.1) is 0 Å². The van der Waals surface area contributed by atoms with E-state index in [4.69, 9.17) is 9.47 Å². The maximum Gasteiger partial charge on any atom is 0.320 e. The molecule has 0 spiro atoms. The monoisotopic (exact) mass is 375 g/mol. The van der Waals surface area contributed by atoms with Crippen LogP contribution in [-0.2, 0) is 17.9 Å². The average Bonchev–Trinajstić information content (AvgIpc) is 2.67. The molecule has 0 saturated carbocycles. The first-order chi connectivity index (χ1) is 12.6. The number of hydrogen-bond acceptors (Lipinski definition) is 5. The van der Waals surface area contributed by atoms with E-state index in [1.54, 1.807) is 18.9 Å². The summed E-state index contributed by atoms with van der Waals surface area (Å²) in [6.07, 6.45) is 2.56. The standard InChI is InChI=1S/C20H25NO4S/c1-24-18-9-8-16(13-21-17(20(22)23)10-11-26-2)12-19(18)25-14-15-6-4-3-5-7-15/h3-9,12,17,21H,10-11,13-14H2,1-2H3,(H,22,23)/t17-/m0/s1. The van der Waals surface area contributed by atoms with Gasteiger partial charge < -0.3 is 19.9 Å². The third-order valence-corrected chi connectivity index (χ3v) is 4.57. The molecule has 0 aliphatic carbocycles. The first-order valence-corrected chi connectivity index (χ1v) is 9.82. The highest BCUT2D eigenvalue weighted by Gasteiger charge is 2.16. The van der Waals surface area contributed by atoms with Crippen LogP contribution in [0.1, 0.15) is 17.5 Å². The molecule has 6 heteroatoms. The average molecular weight is 375 g/mol. The molecule has 0 unspecified atom stereocenters. The number of nitrogens with one attached hydrogen (secondary N) is 1. The van der Waals surface area contributed by atoms with Crippen molar-refractivity contribution in [2.45, 2.75) is 25.6 Å². The number of carboxylic acids is 1. The molecule has 140 valence electrons. The molecule has 0 saturated heterocycles. The van der Waals surface area contributed by atoms with Crippen LogP contribution in [0.4, 0.5) is 0 Å². The summed E-state index contributed by atoms with van der Waals surface area (Å²) in [6.45, 7) is 0.899. The summed E-state index contributed by atoms with van der Waals surface area (Å²) in [5.74, 6) is 1.28. The number of ether oxygens (including phenoxy) is 2. The molecule has 0 aliphatic heterocycles. The van der Waals surface area contributed by atoms with E-state index in [1.807, 2.05) is 54.8 Å². The topological polar surface area (TPSA) is 67.8 Å². The van der Waals surface area contributed by atoms with Gasteiger partial charge >= 0.3 is 5.97 Å². The van der Waals surface area contributed by atoms with E-state index in [0.29, 0.717) is 31.1 Å². The maximum atomic E-state index is 11.3. The Morgan fingerprint density at radius 1 is 1.15 bits per heavy atom. The van der Waals surface area contributed by atoms with Gasteiger partial charge in [-0.25, -0.2) is 0 Å². The van der Waals surface area contributed by atoms with Crippen LogP contribution >= 0.6 is 11.8 Å². The number of aliphatic carboxylic acids is 1. The minimum atomic E-state index is -0.826. The zero-order chi connectivity index (χ0) is 18.8. The Kier molecular flexibility index (Phi) is 8.31. The van der Waals surface area contributed by atoms with Crippen molar-refractivity contribution in [2.24, 2.45) is 0 Å². The second kappa shape index (κ2) is 10.7. The van der Waals surface area contributed by atoms with Crippen molar-refractivity contribution in [1.29, 1.82) is 0 Å². The summed E-state index contributed by atoms with van der Waals surface area (Å²) >= 11 is 1.64. The number of methoxy groups -OCH3 is 1. The van der Waals surface area contributed by atoms with Crippen molar-refractivity contribution < 1.29 is 19.4 Å². The van der Waals surface area contributed by atoms with Crippen LogP contribution in [-0.4, -0.2) is 36.2 Å². The highest BCUT2D eigenvalue weighted by atomic mass is 32.2. The maximum absolute atomic E-state index is 11.3. The van der Waals surface area contributed by atoms with E-state index >= 15 is 0 Å². The first kappa shape index (κ1) is 20.1. The molecule has 2 rings (SSSR count). The molecule has 0 aromatic heterocycles. The second-order valence-corrected chi connectivity index (χ2v) is 6.80. The number of thioether (sulfide) groups is 1. The first-order valence-electron chi connectivity index (χ1n) is 8.42. The molecule has 0 fully saturated rings. The molecular formula is C20H25NO4S. The van der Waals surface area contributed by atoms with Crippen LogP contribution in [0.2, 0.25) is 0 Å². The molecule has 2 aromatic rings. The minimum absolute atomic E-state index is 0.444. The van der Waals surface area contributed by atoms with Gasteiger partial charge in [0.05, 0.1) is 7.11 Å². The predicted octanol–water partition coefficient (Wildman–Crippen LogP) is 3.57. The van der Waals surface area contributed by atoms with Crippen LogP contribution in [0.15, 0.2) is 48.5 Å². The van der Waals surface area contributed by atoms with E-state index in [9.17, 15) is 9.90 Å². The van der Waals surface area contributed by atoms with Gasteiger partial charge in [-0.3, -0.25) is 4.79 Å². The SMILES string of the molecule is COc1ccc(CN[C@@H](CCSC)C(=O)O)cc1OCc1ccccc1. The van der Waals surface area contributed by atoms with Crippen LogP contribution in [0.5, 0.6) is 11.5 Å². The molecular weight excluding hydrogens is 350 g/mol. The van der Waals surface area contributed by atoms with E-state index < -0.39 is 12.0 Å². The van der Waals surface area contributed by atoms with Gasteiger partial charge in [0.15, 0.2) is 11.5 Å². The fourth-order valence-corrected chi connectivity index (χ4v) is 2.94. The zero-order valence-corrected chi connectivity index (χ0v) is 15.9. The lowest BCUT2D eigenvalue weighted by Crippen LogP contribution is -2.36. The van der Waals surface area contributed by atoms with E-state index in [2.05, 4.69) is 5.32 Å². The number of carboxylic acid groups (broad SMARTS) is 1. The third kappa shape index (κ3) is 6.28. The highest BCUT2D eigenvalue weighted by molar-refractivity contribution is 7.98. The van der Waals surface area contributed by atoms with Gasteiger partial charge in [-0.15, -0.1) is 0 Å². The summed E-state index contributed by atoms with van der Waals surface area (Å²) in [7, 11) is 1.60. The molecule has 5 nitrogen and oxygen atoms in total. The number of rotatable bonds is 11. The zero-order valence-electron chi connectivity index (χ0n) is 15.1. The molecule has 2 N–H and O–H groups in total. The van der Waals surface area contributed by atoms with Crippen molar-refractivity contribution >= 4 is 17.7 Å². The Morgan fingerprint density at radius 3 is 2.58 bits per heavy atom. The van der Waals surface area contributed by atoms with Gasteiger partial charge in [0.25, 0.3) is 0 Å². The van der Waals surface area contributed by atoms with Crippen LogP contribution < -0.4 is 14.8 Å². The van der Waals surface area contributed by atoms with Crippen LogP contribution in [0.25, 0.3) is 0 Å². The molecule has 2 aromatic carbocycles. The van der Waals surface area contributed by atoms with Gasteiger partial charge in [0.1, 0.15) is 12.6 Å². The van der Waals surface area contributed by atoms with Crippen molar-refractivity contribution in [1.82, 2.24) is 5.32 Å². The minimum Gasteiger partial charge on any atom is -0.493 e. The normalized spacial score (nSPS) is 11.8. The summed E-state index contributed by atoms with van der Waals surface area (Å²) in [6, 6.07) is 15.0. The predicted molar refractivity (Wildman–Crippen MR) is 105 cm³/mol. The lowest BCUT2D eigenvalue weighted by Gasteiger charge is -2.16. The van der Waals surface area contributed by atoms with Gasteiger partial charge in [-0.2, -0.15) is 11.8 Å². The molecule has 0 aliphatic rings. The van der Waals surface area contributed by atoms with Crippen LogP contribution in [0.3, 0.4) is 0 Å². The molecule has 1 atom stereocenters. The molecule has 0 heterocycles. The number of carbonyl (C=O) groups is 1. The summed E-state index contributed by atoms with van der Waals surface area (Å²) in [5, 5.41) is 12.4. The molecule has 0 amide bonds. The van der Waals surface area contributed by atoms with Crippen molar-refractivity contribution in [2.75, 3.05) is 19.1 Å². The largest absolute Gasteiger partial charge is 0.493 e. The lowest BCUT2D eigenvalue weighted by molar-refractivity contribution is -0.139. The second-order valence-electron chi connectivity index (χ2n) is 5.81. The van der Waals surface area contributed by atoms with Gasteiger partial charge in [0, 0.05) is 6.54 Å². The number of hydrogen-bond donors (Lipinski definition) is 2. The lowest BCUT2D eigenvalue weighted by atomic mass is 10.1. The Hall–Kier alpha value is -2.18. The highest BCUT2D eigenvalue weighted by Crippen LogP contribution is 2.29. The molecule has 26 heavy (non-hydrogen) atoms. The van der Waals surface area contributed by atoms with Gasteiger partial charge in [-0.1, -0.05) is 36.4 Å². The summed E-state index contributed by atoms with van der Waals surface area (Å²) in [5.41, 5.74) is 2.02. The number of benzene rings is 2. The van der Waals surface area contributed by atoms with Crippen molar-refractivity contribution in [3.63, 3.8) is 0 Å². The molecule has 0 radical (unpaired) electrons. The Bertz CT molecular complexity index is 693. The van der Waals surface area contributed by atoms with Crippen molar-refractivity contribution in [3.8, 4) is 11.5 Å². The van der Waals surface area contributed by atoms with E-state index in [0.717, 1.165) is 16.9 Å². The third-order valence-electron chi connectivity index (χ3n) is 3.93. The summed E-state index contributed by atoms with van der Waals surface area (Å²) < 4.78 is 11.3. The van der Waals surface area contributed by atoms with E-state index in [1.165, 1.54) is 0 Å². The van der Waals surface area contributed by atoms with Gasteiger partial charge in [-0.05, 0) is 41.7 Å². The smallest absolute Gasteiger partial charge is 0.320 e. The fourth-order valence-electron chi connectivity index (χ4n) is 2.47. The Morgan fingerprint density at radius 2 is 1.92 bits per heavy atom. The Labute approximate surface area is 158 Å². The quantitative estimate of drug-likeness (QED) is 0.626. The van der Waals surface area contributed by atoms with E-state index in [-0.39, 0.29) is 0 Å².